The van der Waals surface area contributed by atoms with Gasteiger partial charge in [0, 0.05) is 12.7 Å². The van der Waals surface area contributed by atoms with Crippen molar-refractivity contribution in [3.05, 3.63) is 45.6 Å². The average molecular weight is 408 g/mol. The highest BCUT2D eigenvalue weighted by molar-refractivity contribution is 6.37. The van der Waals surface area contributed by atoms with Crippen LogP contribution in [0.4, 0.5) is 5.82 Å². The van der Waals surface area contributed by atoms with E-state index >= 15 is 0 Å². The Morgan fingerprint density at radius 1 is 1.30 bits per heavy atom. The number of aromatic nitrogens is 4. The number of pyridine rings is 1. The van der Waals surface area contributed by atoms with Crippen LogP contribution in [0.1, 0.15) is 22.8 Å². The van der Waals surface area contributed by atoms with Gasteiger partial charge in [-0.2, -0.15) is 0 Å². The molecule has 1 amide bonds. The Labute approximate surface area is 164 Å². The summed E-state index contributed by atoms with van der Waals surface area (Å²) < 4.78 is 6.75. The van der Waals surface area contributed by atoms with Crippen molar-refractivity contribution in [1.82, 2.24) is 20.0 Å². The van der Waals surface area contributed by atoms with E-state index in [9.17, 15) is 9.59 Å². The Morgan fingerprint density at radius 2 is 2.07 bits per heavy atom. The van der Waals surface area contributed by atoms with Gasteiger partial charge in [-0.05, 0) is 37.6 Å². The molecular weight excluding hydrogens is 393 g/mol. The van der Waals surface area contributed by atoms with Gasteiger partial charge in [-0.25, -0.2) is 14.5 Å². The summed E-state index contributed by atoms with van der Waals surface area (Å²) in [5.41, 5.74) is 2.25. The zero-order valence-corrected chi connectivity index (χ0v) is 16.0. The van der Waals surface area contributed by atoms with E-state index in [0.717, 1.165) is 5.52 Å². The number of carbonyl (C=O) groups excluding carboxylic acids is 2. The third-order valence-electron chi connectivity index (χ3n) is 3.84. The summed E-state index contributed by atoms with van der Waals surface area (Å²) in [6, 6.07) is 4.89. The van der Waals surface area contributed by atoms with Crippen LogP contribution in [0.15, 0.2) is 24.4 Å². The van der Waals surface area contributed by atoms with Crippen molar-refractivity contribution < 1.29 is 14.3 Å². The molecule has 1 N–H and O–H groups in total. The van der Waals surface area contributed by atoms with Crippen LogP contribution >= 0.6 is 23.2 Å². The van der Waals surface area contributed by atoms with Gasteiger partial charge in [0.1, 0.15) is 5.52 Å². The molecule has 0 fully saturated rings. The molecular formula is C17H15Cl2N5O3. The van der Waals surface area contributed by atoms with Gasteiger partial charge in [-0.1, -0.05) is 28.4 Å². The van der Waals surface area contributed by atoms with Gasteiger partial charge in [0.15, 0.2) is 12.4 Å². The highest BCUT2D eigenvalue weighted by atomic mass is 35.5. The molecule has 0 spiro atoms. The van der Waals surface area contributed by atoms with Gasteiger partial charge >= 0.3 is 5.97 Å². The lowest BCUT2D eigenvalue weighted by Gasteiger charge is -2.09. The first-order valence-electron chi connectivity index (χ1n) is 8.01. The lowest BCUT2D eigenvalue weighted by Crippen LogP contribution is -2.21. The van der Waals surface area contributed by atoms with Crippen LogP contribution in [0.5, 0.6) is 0 Å². The van der Waals surface area contributed by atoms with Crippen LogP contribution in [-0.4, -0.2) is 38.5 Å². The number of hydrogen-bond acceptors (Lipinski definition) is 6. The van der Waals surface area contributed by atoms with Gasteiger partial charge in [-0.15, -0.1) is 5.10 Å². The Balaban J connectivity index is 1.63. The second kappa shape index (κ2) is 7.89. The van der Waals surface area contributed by atoms with Crippen LogP contribution in [0, 0.1) is 6.92 Å². The number of benzene rings is 1. The van der Waals surface area contributed by atoms with E-state index < -0.39 is 18.5 Å². The van der Waals surface area contributed by atoms with Gasteiger partial charge in [0.2, 0.25) is 0 Å². The molecule has 3 rings (SSSR count). The predicted molar refractivity (Wildman–Crippen MR) is 101 cm³/mol. The largest absolute Gasteiger partial charge is 0.452 e. The number of carbonyl (C=O) groups is 2. The van der Waals surface area contributed by atoms with Crippen molar-refractivity contribution in [3.8, 4) is 0 Å². The molecule has 0 unspecified atom stereocenters. The fourth-order valence-electron chi connectivity index (χ4n) is 2.36. The first-order valence-corrected chi connectivity index (χ1v) is 8.77. The van der Waals surface area contributed by atoms with Crippen molar-refractivity contribution in [3.63, 3.8) is 0 Å². The van der Waals surface area contributed by atoms with Crippen LogP contribution in [0.3, 0.4) is 0 Å². The third kappa shape index (κ3) is 4.01. The van der Waals surface area contributed by atoms with Crippen molar-refractivity contribution in [2.45, 2.75) is 20.4 Å². The number of aryl methyl sites for hydroxylation is 1. The number of anilines is 1. The summed E-state index contributed by atoms with van der Waals surface area (Å²) in [6.07, 6.45) is 1.38. The van der Waals surface area contributed by atoms with Crippen molar-refractivity contribution in [2.75, 3.05) is 11.9 Å². The molecule has 0 saturated heterocycles. The molecule has 0 aliphatic rings. The summed E-state index contributed by atoms with van der Waals surface area (Å²) >= 11 is 12.0. The number of amides is 1. The average Bonchev–Trinajstić information content (AvgIpc) is 3.09. The van der Waals surface area contributed by atoms with Crippen LogP contribution in [0.25, 0.3) is 11.0 Å². The van der Waals surface area contributed by atoms with Gasteiger partial charge in [0.05, 0.1) is 21.1 Å². The lowest BCUT2D eigenvalue weighted by molar-refractivity contribution is -0.119. The molecule has 8 nitrogen and oxygen atoms in total. The molecule has 0 atom stereocenters. The molecule has 0 radical (unpaired) electrons. The first kappa shape index (κ1) is 19.1. The molecule has 0 bridgehead atoms. The topological polar surface area (TPSA) is 99.0 Å². The number of hydrogen-bond donors (Lipinski definition) is 1. The summed E-state index contributed by atoms with van der Waals surface area (Å²) in [4.78, 5) is 28.1. The summed E-state index contributed by atoms with van der Waals surface area (Å²) in [6.45, 7) is 3.82. The highest BCUT2D eigenvalue weighted by Gasteiger charge is 2.15. The Hall–Kier alpha value is -2.71. The fraction of sp³-hybridized carbons (Fsp3) is 0.235. The van der Waals surface area contributed by atoms with Gasteiger partial charge in [-0.3, -0.25) is 4.79 Å². The minimum absolute atomic E-state index is 0.150. The fourth-order valence-corrected chi connectivity index (χ4v) is 2.75. The summed E-state index contributed by atoms with van der Waals surface area (Å²) in [5, 5.41) is 11.1. The normalized spacial score (nSPS) is 10.8. The lowest BCUT2D eigenvalue weighted by atomic mass is 10.2. The maximum atomic E-state index is 12.2. The van der Waals surface area contributed by atoms with Crippen molar-refractivity contribution in [1.29, 1.82) is 0 Å². The van der Waals surface area contributed by atoms with E-state index in [0.29, 0.717) is 22.6 Å². The van der Waals surface area contributed by atoms with Crippen LogP contribution in [-0.2, 0) is 16.1 Å². The van der Waals surface area contributed by atoms with Gasteiger partial charge < -0.3 is 10.1 Å². The number of rotatable bonds is 5. The zero-order valence-electron chi connectivity index (χ0n) is 14.5. The van der Waals surface area contributed by atoms with Gasteiger partial charge in [0.25, 0.3) is 5.91 Å². The van der Waals surface area contributed by atoms with Crippen LogP contribution < -0.4 is 5.32 Å². The Morgan fingerprint density at radius 3 is 2.81 bits per heavy atom. The minimum Gasteiger partial charge on any atom is -0.452 e. The first-order chi connectivity index (χ1) is 12.9. The van der Waals surface area contributed by atoms with Crippen molar-refractivity contribution in [2.24, 2.45) is 0 Å². The van der Waals surface area contributed by atoms with E-state index in [-0.39, 0.29) is 16.4 Å². The molecule has 27 heavy (non-hydrogen) atoms. The number of esters is 1. The molecule has 10 heteroatoms. The van der Waals surface area contributed by atoms with Crippen LogP contribution in [0.2, 0.25) is 10.0 Å². The maximum Gasteiger partial charge on any atom is 0.338 e. The SMILES string of the molecule is CCn1nnc2cc(C(=O)OCC(=O)Nc3ncc(Cl)c(C)c3Cl)ccc21. The van der Waals surface area contributed by atoms with E-state index in [2.05, 4.69) is 20.6 Å². The zero-order chi connectivity index (χ0) is 19.6. The van der Waals surface area contributed by atoms with E-state index in [1.54, 1.807) is 29.8 Å². The van der Waals surface area contributed by atoms with E-state index in [1.807, 2.05) is 6.92 Å². The molecule has 1 aromatic carbocycles. The molecule has 0 aliphatic carbocycles. The molecule has 2 aromatic heterocycles. The quantitative estimate of drug-likeness (QED) is 0.651. The standard InChI is InChI=1S/C17H15Cl2N5O3/c1-3-24-13-5-4-10(6-12(13)22-23-24)17(26)27-8-14(25)21-16-15(19)9(2)11(18)7-20-16/h4-7H,3,8H2,1-2H3,(H,20,21,25). The second-order valence-electron chi connectivity index (χ2n) is 5.63. The highest BCUT2D eigenvalue weighted by Crippen LogP contribution is 2.28. The Bertz CT molecular complexity index is 1030. The third-order valence-corrected chi connectivity index (χ3v) is 4.69. The predicted octanol–water partition coefficient (Wildman–Crippen LogP) is 3.26. The second-order valence-corrected chi connectivity index (χ2v) is 6.41. The molecule has 2 heterocycles. The van der Waals surface area contributed by atoms with E-state index in [1.165, 1.54) is 6.20 Å². The molecule has 3 aromatic rings. The minimum atomic E-state index is -0.649. The van der Waals surface area contributed by atoms with Crippen molar-refractivity contribution >= 4 is 51.9 Å². The number of fused-ring (bicyclic) bond motifs is 1. The number of halogens is 2. The number of nitrogens with one attached hydrogen (secondary N) is 1. The summed E-state index contributed by atoms with van der Waals surface area (Å²) in [7, 11) is 0. The molecule has 0 aliphatic heterocycles. The molecule has 0 saturated carbocycles. The number of ether oxygens (including phenoxy) is 1. The number of nitrogens with zero attached hydrogens (tertiary/aromatic N) is 4. The maximum absolute atomic E-state index is 12.2. The summed E-state index contributed by atoms with van der Waals surface area (Å²) in [5.74, 6) is -1.07. The monoisotopic (exact) mass is 407 g/mol. The smallest absolute Gasteiger partial charge is 0.338 e. The molecule has 140 valence electrons. The Kier molecular flexibility index (Phi) is 5.57. The van der Waals surface area contributed by atoms with E-state index in [4.69, 9.17) is 27.9 Å².